The van der Waals surface area contributed by atoms with Gasteiger partial charge in [-0.3, -0.25) is 9.00 Å². The predicted molar refractivity (Wildman–Crippen MR) is 47.8 cm³/mol. The molecule has 0 saturated heterocycles. The van der Waals surface area contributed by atoms with Gasteiger partial charge in [-0.05, 0) is 0 Å². The first-order valence-electron chi connectivity index (χ1n) is 3.81. The number of aliphatic hydroxyl groups is 1. The minimum atomic E-state index is -1.32. The molecule has 0 aromatic carbocycles. The number of carbonyl (C=O) groups is 1. The van der Waals surface area contributed by atoms with Crippen molar-refractivity contribution in [2.45, 2.75) is 0 Å². The first-order valence-corrected chi connectivity index (χ1v) is 5.30. The number of carbonyl (C=O) groups excluding carboxylic acids is 1. The van der Waals surface area contributed by atoms with Crippen molar-refractivity contribution in [1.82, 2.24) is 0 Å². The highest BCUT2D eigenvalue weighted by Gasteiger charge is 2.07. The minimum absolute atomic E-state index is 0.110. The lowest BCUT2D eigenvalue weighted by atomic mass is 10.7. The monoisotopic (exact) mass is 210 g/mol. The van der Waals surface area contributed by atoms with E-state index in [0.717, 1.165) is 0 Å². The molecule has 78 valence electrons. The fourth-order valence-corrected chi connectivity index (χ4v) is 1.28. The zero-order chi connectivity index (χ0) is 10.1. The molecule has 0 aromatic rings. The van der Waals surface area contributed by atoms with Crippen molar-refractivity contribution in [1.29, 1.82) is 0 Å². The molecule has 0 rings (SSSR count). The lowest BCUT2D eigenvalue weighted by molar-refractivity contribution is -0.141. The molecular formula is C7H14O5S. The van der Waals surface area contributed by atoms with Gasteiger partial charge in [-0.1, -0.05) is 0 Å². The van der Waals surface area contributed by atoms with E-state index in [2.05, 4.69) is 9.47 Å². The van der Waals surface area contributed by atoms with Crippen LogP contribution in [0.1, 0.15) is 0 Å². The van der Waals surface area contributed by atoms with Crippen LogP contribution in [0.25, 0.3) is 0 Å². The average molecular weight is 210 g/mol. The van der Waals surface area contributed by atoms with Crippen LogP contribution in [0.4, 0.5) is 0 Å². The Bertz CT molecular complexity index is 170. The van der Waals surface area contributed by atoms with Gasteiger partial charge >= 0.3 is 5.97 Å². The molecule has 0 fully saturated rings. The molecule has 0 aliphatic heterocycles. The minimum Gasteiger partial charge on any atom is -0.463 e. The number of aliphatic hydroxyl groups excluding tert-OH is 1. The number of hydrogen-bond acceptors (Lipinski definition) is 5. The molecule has 6 heteroatoms. The van der Waals surface area contributed by atoms with Crippen LogP contribution in [0.2, 0.25) is 0 Å². The third-order valence-electron chi connectivity index (χ3n) is 1.15. The number of rotatable bonds is 7. The van der Waals surface area contributed by atoms with Gasteiger partial charge < -0.3 is 14.6 Å². The molecule has 1 unspecified atom stereocenters. The van der Waals surface area contributed by atoms with Crippen LogP contribution >= 0.6 is 0 Å². The van der Waals surface area contributed by atoms with E-state index in [1.807, 2.05) is 0 Å². The maximum absolute atomic E-state index is 10.9. The van der Waals surface area contributed by atoms with Crippen LogP contribution in [-0.2, 0) is 25.1 Å². The summed E-state index contributed by atoms with van der Waals surface area (Å²) < 4.78 is 20.2. The fraction of sp³-hybridized carbons (Fsp3) is 0.857. The molecule has 0 radical (unpaired) electrons. The van der Waals surface area contributed by atoms with Crippen LogP contribution in [0, 0.1) is 0 Å². The van der Waals surface area contributed by atoms with Crippen LogP contribution in [0.5, 0.6) is 0 Å². The summed E-state index contributed by atoms with van der Waals surface area (Å²) in [6.07, 6.45) is 0. The largest absolute Gasteiger partial charge is 0.463 e. The van der Waals surface area contributed by atoms with E-state index in [0.29, 0.717) is 6.61 Å². The third kappa shape index (κ3) is 7.89. The van der Waals surface area contributed by atoms with Crippen molar-refractivity contribution < 1.29 is 23.6 Å². The SMILES string of the molecule is COCCOC(=O)CS(=O)CCO. The molecule has 1 N–H and O–H groups in total. The predicted octanol–water partition coefficient (Wildman–Crippen LogP) is -1.08. The lowest BCUT2D eigenvalue weighted by Gasteiger charge is -2.02. The second-order valence-corrected chi connectivity index (χ2v) is 3.80. The Hall–Kier alpha value is -0.460. The second kappa shape index (κ2) is 8.15. The fourth-order valence-electron chi connectivity index (χ4n) is 0.586. The van der Waals surface area contributed by atoms with Crippen molar-refractivity contribution in [2.75, 3.05) is 38.4 Å². The highest BCUT2D eigenvalue weighted by atomic mass is 32.2. The van der Waals surface area contributed by atoms with E-state index in [1.54, 1.807) is 0 Å². The van der Waals surface area contributed by atoms with Crippen LogP contribution < -0.4 is 0 Å². The van der Waals surface area contributed by atoms with Crippen LogP contribution in [0.3, 0.4) is 0 Å². The second-order valence-electron chi connectivity index (χ2n) is 2.23. The first-order chi connectivity index (χ1) is 6.20. The summed E-state index contributed by atoms with van der Waals surface area (Å²) in [4.78, 5) is 10.9. The number of ether oxygens (including phenoxy) is 2. The Morgan fingerprint density at radius 3 is 2.69 bits per heavy atom. The summed E-state index contributed by atoms with van der Waals surface area (Å²) in [6, 6.07) is 0. The van der Waals surface area contributed by atoms with Crippen molar-refractivity contribution >= 4 is 16.8 Å². The average Bonchev–Trinajstić information content (AvgIpc) is 2.05. The summed E-state index contributed by atoms with van der Waals surface area (Å²) in [6.45, 7) is 0.321. The topological polar surface area (TPSA) is 72.8 Å². The molecule has 0 bridgehead atoms. The summed E-state index contributed by atoms with van der Waals surface area (Å²) in [5, 5.41) is 8.40. The van der Waals surface area contributed by atoms with Crippen molar-refractivity contribution in [3.05, 3.63) is 0 Å². The molecule has 0 aliphatic carbocycles. The van der Waals surface area contributed by atoms with E-state index < -0.39 is 16.8 Å². The van der Waals surface area contributed by atoms with Crippen molar-refractivity contribution in [3.8, 4) is 0 Å². The highest BCUT2D eigenvalue weighted by molar-refractivity contribution is 7.85. The Labute approximate surface area is 79.5 Å². The van der Waals surface area contributed by atoms with E-state index in [1.165, 1.54) is 7.11 Å². The summed E-state index contributed by atoms with van der Waals surface area (Å²) in [5.74, 6) is -0.576. The van der Waals surface area contributed by atoms with E-state index in [4.69, 9.17) is 5.11 Å². The summed E-state index contributed by atoms with van der Waals surface area (Å²) in [7, 11) is 0.177. The molecule has 0 heterocycles. The Kier molecular flexibility index (Phi) is 7.86. The highest BCUT2D eigenvalue weighted by Crippen LogP contribution is 1.86. The molecule has 0 amide bonds. The smallest absolute Gasteiger partial charge is 0.318 e. The van der Waals surface area contributed by atoms with Gasteiger partial charge in [0, 0.05) is 23.7 Å². The van der Waals surface area contributed by atoms with E-state index in [-0.39, 0.29) is 24.7 Å². The molecule has 5 nitrogen and oxygen atoms in total. The zero-order valence-electron chi connectivity index (χ0n) is 7.52. The van der Waals surface area contributed by atoms with Gasteiger partial charge in [-0.25, -0.2) is 0 Å². The van der Waals surface area contributed by atoms with E-state index >= 15 is 0 Å². The number of esters is 1. The maximum Gasteiger partial charge on any atom is 0.318 e. The van der Waals surface area contributed by atoms with Gasteiger partial charge in [0.2, 0.25) is 0 Å². The summed E-state index contributed by atoms with van der Waals surface area (Å²) in [5.41, 5.74) is 0. The third-order valence-corrected chi connectivity index (χ3v) is 2.34. The van der Waals surface area contributed by atoms with Crippen LogP contribution in [0.15, 0.2) is 0 Å². The molecular weight excluding hydrogens is 196 g/mol. The van der Waals surface area contributed by atoms with Gasteiger partial charge in [0.25, 0.3) is 0 Å². The van der Waals surface area contributed by atoms with Crippen molar-refractivity contribution in [3.63, 3.8) is 0 Å². The van der Waals surface area contributed by atoms with Crippen LogP contribution in [-0.4, -0.2) is 53.7 Å². The maximum atomic E-state index is 10.9. The number of hydrogen-bond donors (Lipinski definition) is 1. The van der Waals surface area contributed by atoms with Gasteiger partial charge in [-0.15, -0.1) is 0 Å². The van der Waals surface area contributed by atoms with Crippen molar-refractivity contribution in [2.24, 2.45) is 0 Å². The quantitative estimate of drug-likeness (QED) is 0.427. The zero-order valence-corrected chi connectivity index (χ0v) is 8.34. The molecule has 1 atom stereocenters. The molecule has 0 saturated carbocycles. The summed E-state index contributed by atoms with van der Waals surface area (Å²) >= 11 is 0. The normalized spacial score (nSPS) is 12.5. The Morgan fingerprint density at radius 2 is 2.15 bits per heavy atom. The lowest BCUT2D eigenvalue weighted by Crippen LogP contribution is -2.19. The Morgan fingerprint density at radius 1 is 1.46 bits per heavy atom. The Balaban J connectivity index is 3.44. The van der Waals surface area contributed by atoms with Gasteiger partial charge in [-0.2, -0.15) is 0 Å². The van der Waals surface area contributed by atoms with Gasteiger partial charge in [0.15, 0.2) is 0 Å². The number of methoxy groups -OCH3 is 1. The molecule has 0 aromatic heterocycles. The first kappa shape index (κ1) is 12.5. The van der Waals surface area contributed by atoms with Gasteiger partial charge in [0.05, 0.1) is 13.2 Å². The standard InChI is InChI=1S/C7H14O5S/c1-11-3-4-12-7(9)6-13(10)5-2-8/h8H,2-6H2,1H3. The van der Waals surface area contributed by atoms with E-state index in [9.17, 15) is 9.00 Å². The molecule has 13 heavy (non-hydrogen) atoms. The van der Waals surface area contributed by atoms with Gasteiger partial charge in [0.1, 0.15) is 12.4 Å². The molecule has 0 aliphatic rings. The molecule has 0 spiro atoms.